The van der Waals surface area contributed by atoms with Crippen LogP contribution in [0.2, 0.25) is 0 Å². The van der Waals surface area contributed by atoms with E-state index in [9.17, 15) is 14.7 Å². The lowest BCUT2D eigenvalue weighted by atomic mass is 9.98. The second-order valence-electron chi connectivity index (χ2n) is 7.32. The molecule has 0 saturated carbocycles. The Morgan fingerprint density at radius 1 is 0.882 bits per heavy atom. The van der Waals surface area contributed by atoms with Crippen LogP contribution < -0.4 is 23.8 Å². The average Bonchev–Trinajstić information content (AvgIpc) is 3.49. The van der Waals surface area contributed by atoms with Gasteiger partial charge < -0.3 is 28.5 Å². The maximum atomic E-state index is 13.3. The van der Waals surface area contributed by atoms with Gasteiger partial charge >= 0.3 is 0 Å². The molecular formula is C25H23NO8. The van der Waals surface area contributed by atoms with E-state index in [1.807, 2.05) is 0 Å². The van der Waals surface area contributed by atoms with Crippen molar-refractivity contribution in [2.75, 3.05) is 33.3 Å². The van der Waals surface area contributed by atoms with E-state index in [4.69, 9.17) is 23.4 Å². The van der Waals surface area contributed by atoms with Crippen molar-refractivity contribution < 1.29 is 38.1 Å². The molecule has 3 aromatic rings. The van der Waals surface area contributed by atoms with Crippen LogP contribution in [-0.2, 0) is 9.59 Å². The third kappa shape index (κ3) is 3.81. The number of carbonyl (C=O) groups is 2. The second-order valence-corrected chi connectivity index (χ2v) is 7.32. The molecule has 9 heteroatoms. The molecule has 1 fully saturated rings. The monoisotopic (exact) mass is 465 g/mol. The van der Waals surface area contributed by atoms with Crippen LogP contribution in [0.25, 0.3) is 5.76 Å². The number of hydrogen-bond acceptors (Lipinski definition) is 8. The average molecular weight is 465 g/mol. The van der Waals surface area contributed by atoms with Gasteiger partial charge in [0.25, 0.3) is 11.7 Å². The van der Waals surface area contributed by atoms with Crippen LogP contribution in [0.3, 0.4) is 0 Å². The fourth-order valence-corrected chi connectivity index (χ4v) is 3.89. The molecule has 2 heterocycles. The van der Waals surface area contributed by atoms with E-state index in [0.29, 0.717) is 28.7 Å². The molecule has 1 amide bonds. The minimum absolute atomic E-state index is 0.159. The Kier molecular flexibility index (Phi) is 6.18. The third-order valence-corrected chi connectivity index (χ3v) is 5.53. The summed E-state index contributed by atoms with van der Waals surface area (Å²) in [5, 5.41) is 11.3. The van der Waals surface area contributed by atoms with Gasteiger partial charge in [0.15, 0.2) is 0 Å². The highest BCUT2D eigenvalue weighted by Gasteiger charge is 2.48. The fourth-order valence-electron chi connectivity index (χ4n) is 3.89. The maximum Gasteiger partial charge on any atom is 0.300 e. The molecule has 1 N–H and O–H groups in total. The van der Waals surface area contributed by atoms with Gasteiger partial charge in [-0.15, -0.1) is 0 Å². The van der Waals surface area contributed by atoms with E-state index in [1.165, 1.54) is 45.7 Å². The Bertz CT molecular complexity index is 1240. The number of anilines is 1. The highest BCUT2D eigenvalue weighted by molar-refractivity contribution is 6.51. The molecular weight excluding hydrogens is 442 g/mol. The lowest BCUT2D eigenvalue weighted by molar-refractivity contribution is -0.132. The normalized spacial score (nSPS) is 17.1. The first kappa shape index (κ1) is 22.8. The van der Waals surface area contributed by atoms with Crippen LogP contribution in [-0.4, -0.2) is 45.2 Å². The van der Waals surface area contributed by atoms with Crippen LogP contribution in [0.15, 0.2) is 64.8 Å². The largest absolute Gasteiger partial charge is 0.507 e. The van der Waals surface area contributed by atoms with E-state index in [-0.39, 0.29) is 16.9 Å². The zero-order valence-corrected chi connectivity index (χ0v) is 19.0. The van der Waals surface area contributed by atoms with Crippen molar-refractivity contribution >= 4 is 23.1 Å². The molecule has 4 rings (SSSR count). The molecule has 1 unspecified atom stereocenters. The van der Waals surface area contributed by atoms with Gasteiger partial charge in [-0.3, -0.25) is 14.5 Å². The second kappa shape index (κ2) is 9.22. The lowest BCUT2D eigenvalue weighted by Gasteiger charge is -2.24. The number of amides is 1. The standard InChI is InChI=1S/C25H23NO8/c1-30-15-7-8-19(33-4)18(13-15)23(27)21-22(20-6-5-9-34-20)26(25(29)24(21)28)14-10-16(31-2)12-17(11-14)32-3/h5-13,22,27H,1-4H3/b23-21-. The smallest absolute Gasteiger partial charge is 0.300 e. The van der Waals surface area contributed by atoms with Gasteiger partial charge in [0.05, 0.1) is 51.5 Å². The van der Waals surface area contributed by atoms with Gasteiger partial charge in [0, 0.05) is 18.2 Å². The Morgan fingerprint density at radius 2 is 1.56 bits per heavy atom. The van der Waals surface area contributed by atoms with Crippen molar-refractivity contribution in [3.8, 4) is 23.0 Å². The summed E-state index contributed by atoms with van der Waals surface area (Å²) < 4.78 is 26.9. The van der Waals surface area contributed by atoms with Crippen LogP contribution >= 0.6 is 0 Å². The first-order chi connectivity index (χ1) is 16.4. The quantitative estimate of drug-likeness (QED) is 0.318. The van der Waals surface area contributed by atoms with Gasteiger partial charge in [0.1, 0.15) is 40.6 Å². The number of aliphatic hydroxyl groups excluding tert-OH is 1. The van der Waals surface area contributed by atoms with Crippen LogP contribution in [0, 0.1) is 0 Å². The molecule has 0 aliphatic carbocycles. The summed E-state index contributed by atoms with van der Waals surface area (Å²) in [7, 11) is 5.87. The number of ether oxygens (including phenoxy) is 4. The molecule has 1 saturated heterocycles. The number of aliphatic hydroxyl groups is 1. The molecule has 9 nitrogen and oxygen atoms in total. The minimum atomic E-state index is -1.05. The Labute approximate surface area is 195 Å². The summed E-state index contributed by atoms with van der Waals surface area (Å²) in [5.74, 6) is -0.301. The van der Waals surface area contributed by atoms with Crippen molar-refractivity contribution in [2.24, 2.45) is 0 Å². The van der Waals surface area contributed by atoms with Crippen LogP contribution in [0.5, 0.6) is 23.0 Å². The summed E-state index contributed by atoms with van der Waals surface area (Å²) in [4.78, 5) is 27.8. The minimum Gasteiger partial charge on any atom is -0.507 e. The molecule has 2 aromatic carbocycles. The van der Waals surface area contributed by atoms with Gasteiger partial charge in [-0.2, -0.15) is 0 Å². The van der Waals surface area contributed by atoms with E-state index < -0.39 is 23.5 Å². The zero-order chi connectivity index (χ0) is 24.4. The van der Waals surface area contributed by atoms with E-state index in [2.05, 4.69) is 0 Å². The highest BCUT2D eigenvalue weighted by atomic mass is 16.5. The van der Waals surface area contributed by atoms with Gasteiger partial charge in [-0.1, -0.05) is 0 Å². The Morgan fingerprint density at radius 3 is 2.12 bits per heavy atom. The number of hydrogen-bond donors (Lipinski definition) is 1. The van der Waals surface area contributed by atoms with Crippen molar-refractivity contribution in [3.63, 3.8) is 0 Å². The number of furan rings is 1. The maximum absolute atomic E-state index is 13.3. The molecule has 1 aliphatic heterocycles. The molecule has 0 spiro atoms. The number of nitrogens with zero attached hydrogens (tertiary/aromatic N) is 1. The summed E-state index contributed by atoms with van der Waals surface area (Å²) in [6.07, 6.45) is 1.42. The number of carbonyl (C=O) groups excluding carboxylic acids is 2. The molecule has 1 aromatic heterocycles. The van der Waals surface area contributed by atoms with Gasteiger partial charge in [-0.25, -0.2) is 0 Å². The number of rotatable bonds is 7. The fraction of sp³-hybridized carbons (Fsp3) is 0.200. The van der Waals surface area contributed by atoms with Gasteiger partial charge in [0.2, 0.25) is 0 Å². The predicted molar refractivity (Wildman–Crippen MR) is 123 cm³/mol. The molecule has 0 radical (unpaired) electrons. The van der Waals surface area contributed by atoms with Crippen LogP contribution in [0.4, 0.5) is 5.69 Å². The predicted octanol–water partition coefficient (Wildman–Crippen LogP) is 3.94. The Hall–Kier alpha value is -4.40. The summed E-state index contributed by atoms with van der Waals surface area (Å²) in [6.45, 7) is 0. The van der Waals surface area contributed by atoms with Gasteiger partial charge in [-0.05, 0) is 30.3 Å². The number of ketones is 1. The Balaban J connectivity index is 1.97. The number of Topliss-reactive ketones (excluding diaryl/α,β-unsaturated/α-hetero) is 1. The molecule has 34 heavy (non-hydrogen) atoms. The third-order valence-electron chi connectivity index (χ3n) is 5.53. The summed E-state index contributed by atoms with van der Waals surface area (Å²) in [6, 6.07) is 11.8. The topological polar surface area (TPSA) is 108 Å². The van der Waals surface area contributed by atoms with Crippen molar-refractivity contribution in [2.45, 2.75) is 6.04 Å². The van der Waals surface area contributed by atoms with E-state index >= 15 is 0 Å². The van der Waals surface area contributed by atoms with E-state index in [0.717, 1.165) is 0 Å². The van der Waals surface area contributed by atoms with Crippen LogP contribution in [0.1, 0.15) is 17.4 Å². The number of methoxy groups -OCH3 is 4. The lowest BCUT2D eigenvalue weighted by Crippen LogP contribution is -2.29. The van der Waals surface area contributed by atoms with Crippen molar-refractivity contribution in [1.82, 2.24) is 0 Å². The van der Waals surface area contributed by atoms with Crippen molar-refractivity contribution in [3.05, 3.63) is 71.7 Å². The first-order valence-electron chi connectivity index (χ1n) is 10.2. The molecule has 0 bridgehead atoms. The van der Waals surface area contributed by atoms with Crippen molar-refractivity contribution in [1.29, 1.82) is 0 Å². The molecule has 176 valence electrons. The summed E-state index contributed by atoms with van der Waals surface area (Å²) >= 11 is 0. The molecule has 1 aliphatic rings. The summed E-state index contributed by atoms with van der Waals surface area (Å²) in [5.41, 5.74) is 0.365. The number of benzene rings is 2. The molecule has 1 atom stereocenters. The first-order valence-corrected chi connectivity index (χ1v) is 10.2. The highest BCUT2D eigenvalue weighted by Crippen LogP contribution is 2.45. The van der Waals surface area contributed by atoms with E-state index in [1.54, 1.807) is 42.5 Å². The SMILES string of the molecule is COc1cc(OC)cc(N2C(=O)C(=O)/C(=C(\O)c3cc(OC)ccc3OC)C2c2ccco2)c1. The zero-order valence-electron chi connectivity index (χ0n) is 19.0.